The molecule has 0 aliphatic carbocycles. The topological polar surface area (TPSA) is 85.2 Å². The molecule has 0 unspecified atom stereocenters. The summed E-state index contributed by atoms with van der Waals surface area (Å²) in [6.45, 7) is 0.673. The standard InChI is InChI=1S/C5H7N7/c1(5-8-10-11-9-5)4-12-6-2-3-7-12/h2-3H,1,4H2,(H,8,9,10,11). The quantitative estimate of drug-likeness (QED) is 0.632. The summed E-state index contributed by atoms with van der Waals surface area (Å²) in [6, 6.07) is 0. The van der Waals surface area contributed by atoms with Crippen molar-refractivity contribution < 1.29 is 0 Å². The maximum Gasteiger partial charge on any atom is 0.176 e. The lowest BCUT2D eigenvalue weighted by Gasteiger charge is -1.93. The molecule has 0 amide bonds. The minimum absolute atomic E-state index is 0.673. The van der Waals surface area contributed by atoms with Gasteiger partial charge in [-0.15, -0.1) is 10.2 Å². The van der Waals surface area contributed by atoms with Gasteiger partial charge in [0, 0.05) is 6.42 Å². The molecule has 2 heterocycles. The highest BCUT2D eigenvalue weighted by Crippen LogP contribution is 1.88. The van der Waals surface area contributed by atoms with E-state index in [0.717, 1.165) is 0 Å². The molecule has 0 spiro atoms. The summed E-state index contributed by atoms with van der Waals surface area (Å²) in [5, 5.41) is 21.3. The fourth-order valence-corrected chi connectivity index (χ4v) is 0.847. The summed E-state index contributed by atoms with van der Waals surface area (Å²) in [5.41, 5.74) is 0. The SMILES string of the molecule is c1cnn(CCc2nn[nH]n2)n1. The van der Waals surface area contributed by atoms with Crippen molar-refractivity contribution in [2.45, 2.75) is 13.0 Å². The zero-order valence-electron chi connectivity index (χ0n) is 6.25. The van der Waals surface area contributed by atoms with Crippen LogP contribution in [0.3, 0.4) is 0 Å². The third kappa shape index (κ3) is 1.44. The van der Waals surface area contributed by atoms with Gasteiger partial charge >= 0.3 is 0 Å². The van der Waals surface area contributed by atoms with E-state index in [4.69, 9.17) is 0 Å². The molecule has 0 aliphatic heterocycles. The van der Waals surface area contributed by atoms with Crippen LogP contribution >= 0.6 is 0 Å². The number of nitrogens with one attached hydrogen (secondary N) is 1. The van der Waals surface area contributed by atoms with Crippen molar-refractivity contribution in [3.8, 4) is 0 Å². The Kier molecular flexibility index (Phi) is 1.77. The Bertz CT molecular complexity index is 275. The van der Waals surface area contributed by atoms with E-state index in [1.807, 2.05) is 0 Å². The minimum atomic E-state index is 0.673. The van der Waals surface area contributed by atoms with Crippen LogP contribution in [-0.2, 0) is 13.0 Å². The number of aromatic nitrogens is 7. The lowest BCUT2D eigenvalue weighted by molar-refractivity contribution is 0.528. The van der Waals surface area contributed by atoms with Crippen LogP contribution in [0.1, 0.15) is 5.82 Å². The first-order valence-corrected chi connectivity index (χ1v) is 3.51. The molecule has 1 N–H and O–H groups in total. The Morgan fingerprint density at radius 1 is 1.33 bits per heavy atom. The van der Waals surface area contributed by atoms with E-state index in [2.05, 4.69) is 30.8 Å². The molecular weight excluding hydrogens is 158 g/mol. The summed E-state index contributed by atoms with van der Waals surface area (Å²) in [5.74, 6) is 0.673. The van der Waals surface area contributed by atoms with Crippen LogP contribution in [0.15, 0.2) is 12.4 Å². The second kappa shape index (κ2) is 3.07. The predicted molar refractivity (Wildman–Crippen MR) is 37.9 cm³/mol. The van der Waals surface area contributed by atoms with Gasteiger partial charge in [-0.25, -0.2) is 0 Å². The Labute approximate surface area is 67.8 Å². The smallest absolute Gasteiger partial charge is 0.176 e. The van der Waals surface area contributed by atoms with Gasteiger partial charge in [0.05, 0.1) is 18.9 Å². The highest BCUT2D eigenvalue weighted by molar-refractivity contribution is 4.75. The van der Waals surface area contributed by atoms with E-state index in [9.17, 15) is 0 Å². The normalized spacial score (nSPS) is 10.3. The zero-order chi connectivity index (χ0) is 8.23. The van der Waals surface area contributed by atoms with Gasteiger partial charge in [0.1, 0.15) is 0 Å². The number of aromatic amines is 1. The van der Waals surface area contributed by atoms with Crippen molar-refractivity contribution in [3.05, 3.63) is 18.2 Å². The molecule has 2 aromatic rings. The van der Waals surface area contributed by atoms with Gasteiger partial charge in [-0.1, -0.05) is 5.21 Å². The van der Waals surface area contributed by atoms with Crippen molar-refractivity contribution in [1.82, 2.24) is 35.6 Å². The third-order valence-corrected chi connectivity index (χ3v) is 1.39. The lowest BCUT2D eigenvalue weighted by Crippen LogP contribution is -2.05. The molecule has 0 saturated heterocycles. The molecule has 12 heavy (non-hydrogen) atoms. The molecule has 0 bridgehead atoms. The summed E-state index contributed by atoms with van der Waals surface area (Å²) in [4.78, 5) is 1.58. The van der Waals surface area contributed by atoms with Crippen LogP contribution in [0.2, 0.25) is 0 Å². The van der Waals surface area contributed by atoms with Gasteiger partial charge in [-0.2, -0.15) is 20.2 Å². The van der Waals surface area contributed by atoms with E-state index < -0.39 is 0 Å². The molecule has 0 fully saturated rings. The number of hydrogen-bond acceptors (Lipinski definition) is 5. The van der Waals surface area contributed by atoms with E-state index >= 15 is 0 Å². The van der Waals surface area contributed by atoms with Gasteiger partial charge in [0.15, 0.2) is 5.82 Å². The third-order valence-electron chi connectivity index (χ3n) is 1.39. The summed E-state index contributed by atoms with van der Waals surface area (Å²) in [7, 11) is 0. The molecule has 62 valence electrons. The van der Waals surface area contributed by atoms with E-state index in [1.54, 1.807) is 17.2 Å². The van der Waals surface area contributed by atoms with E-state index in [1.165, 1.54) is 0 Å². The minimum Gasteiger partial charge on any atom is -0.184 e. The van der Waals surface area contributed by atoms with Crippen molar-refractivity contribution in [2.75, 3.05) is 0 Å². The first-order valence-electron chi connectivity index (χ1n) is 3.51. The number of H-pyrrole nitrogens is 1. The fourth-order valence-electron chi connectivity index (χ4n) is 0.847. The number of nitrogens with zero attached hydrogens (tertiary/aromatic N) is 6. The fraction of sp³-hybridized carbons (Fsp3) is 0.400. The molecule has 7 heteroatoms. The average Bonchev–Trinajstić information content (AvgIpc) is 2.74. The molecule has 0 aromatic carbocycles. The first-order chi connectivity index (χ1) is 5.95. The molecule has 0 radical (unpaired) electrons. The molecule has 0 atom stereocenters. The molecule has 2 rings (SSSR count). The predicted octanol–water partition coefficient (Wildman–Crippen LogP) is -0.966. The van der Waals surface area contributed by atoms with Crippen LogP contribution < -0.4 is 0 Å². The van der Waals surface area contributed by atoms with Crippen molar-refractivity contribution in [3.63, 3.8) is 0 Å². The van der Waals surface area contributed by atoms with Crippen molar-refractivity contribution >= 4 is 0 Å². The van der Waals surface area contributed by atoms with E-state index in [-0.39, 0.29) is 0 Å². The lowest BCUT2D eigenvalue weighted by atomic mass is 10.4. The monoisotopic (exact) mass is 165 g/mol. The van der Waals surface area contributed by atoms with Crippen LogP contribution in [0.25, 0.3) is 0 Å². The van der Waals surface area contributed by atoms with Gasteiger partial charge in [0.2, 0.25) is 0 Å². The highest BCUT2D eigenvalue weighted by atomic mass is 15.5. The average molecular weight is 165 g/mol. The Hall–Kier alpha value is -1.79. The zero-order valence-corrected chi connectivity index (χ0v) is 6.25. The molecule has 7 nitrogen and oxygen atoms in total. The van der Waals surface area contributed by atoms with Gasteiger partial charge < -0.3 is 0 Å². The largest absolute Gasteiger partial charge is 0.184 e. The number of rotatable bonds is 3. The van der Waals surface area contributed by atoms with Crippen LogP contribution in [0, 0.1) is 0 Å². The number of aryl methyl sites for hydroxylation is 2. The Balaban J connectivity index is 1.91. The second-order valence-electron chi connectivity index (χ2n) is 2.20. The summed E-state index contributed by atoms with van der Waals surface area (Å²) in [6.07, 6.45) is 3.96. The number of hydrogen-bond donors (Lipinski definition) is 1. The molecule has 2 aromatic heterocycles. The summed E-state index contributed by atoms with van der Waals surface area (Å²) < 4.78 is 0. The molecule has 0 aliphatic rings. The number of tetrazole rings is 1. The Morgan fingerprint density at radius 3 is 2.83 bits per heavy atom. The van der Waals surface area contributed by atoms with Crippen molar-refractivity contribution in [2.24, 2.45) is 0 Å². The second-order valence-corrected chi connectivity index (χ2v) is 2.20. The van der Waals surface area contributed by atoms with E-state index in [0.29, 0.717) is 18.8 Å². The van der Waals surface area contributed by atoms with Gasteiger partial charge in [-0.05, 0) is 0 Å². The van der Waals surface area contributed by atoms with Gasteiger partial charge in [-0.3, -0.25) is 0 Å². The maximum atomic E-state index is 3.94. The Morgan fingerprint density at radius 2 is 2.17 bits per heavy atom. The van der Waals surface area contributed by atoms with Crippen molar-refractivity contribution in [1.29, 1.82) is 0 Å². The van der Waals surface area contributed by atoms with Crippen LogP contribution in [-0.4, -0.2) is 35.6 Å². The highest BCUT2D eigenvalue weighted by Gasteiger charge is 1.98. The van der Waals surface area contributed by atoms with Crippen LogP contribution in [0.4, 0.5) is 0 Å². The summed E-state index contributed by atoms with van der Waals surface area (Å²) >= 11 is 0. The van der Waals surface area contributed by atoms with Gasteiger partial charge in [0.25, 0.3) is 0 Å². The van der Waals surface area contributed by atoms with Crippen LogP contribution in [0.5, 0.6) is 0 Å². The molecular formula is C5H7N7. The molecule has 0 saturated carbocycles. The first kappa shape index (κ1) is 6.89. The maximum absolute atomic E-state index is 3.94.